The third-order valence-electron chi connectivity index (χ3n) is 1.96. The molecule has 0 aromatic heterocycles. The smallest absolute Gasteiger partial charge is 0.0907 e. The van der Waals surface area contributed by atoms with E-state index in [0.717, 1.165) is 17.0 Å². The summed E-state index contributed by atoms with van der Waals surface area (Å²) in [7, 11) is 1.90. The van der Waals surface area contributed by atoms with Crippen molar-refractivity contribution >= 4 is 24.2 Å². The molecule has 0 aromatic rings. The highest BCUT2D eigenvalue weighted by Gasteiger charge is 2.20. The first kappa shape index (κ1) is 9.48. The first-order chi connectivity index (χ1) is 5.70. The highest BCUT2D eigenvalue weighted by atomic mass is 32.1. The van der Waals surface area contributed by atoms with Crippen molar-refractivity contribution in [3.63, 3.8) is 0 Å². The lowest BCUT2D eigenvalue weighted by Gasteiger charge is -2.21. The fraction of sp³-hybridized carbons (Fsp3) is 0.500. The van der Waals surface area contributed by atoms with Crippen molar-refractivity contribution in [1.29, 1.82) is 0 Å². The second-order valence-corrected chi connectivity index (χ2v) is 2.99. The van der Waals surface area contributed by atoms with Gasteiger partial charge in [0, 0.05) is 6.20 Å². The second kappa shape index (κ2) is 3.87. The Hall–Kier alpha value is -0.610. The number of nitrogens with zero attached hydrogens (tertiary/aromatic N) is 2. The molecule has 0 saturated carbocycles. The van der Waals surface area contributed by atoms with Crippen molar-refractivity contribution in [2.24, 2.45) is 9.39 Å². The molecule has 1 aliphatic heterocycles. The lowest BCUT2D eigenvalue weighted by molar-refractivity contribution is 0.783. The van der Waals surface area contributed by atoms with E-state index in [1.807, 2.05) is 27.1 Å². The summed E-state index contributed by atoms with van der Waals surface area (Å²) in [6.45, 7) is 3.96. The molecule has 3 nitrogen and oxygen atoms in total. The maximum Gasteiger partial charge on any atom is 0.0907 e. The Bertz CT molecular complexity index is 265. The molecular weight excluding hydrogens is 170 g/mol. The van der Waals surface area contributed by atoms with E-state index in [4.69, 9.17) is 0 Å². The first-order valence-electron chi connectivity index (χ1n) is 3.81. The maximum atomic E-state index is 4.20. The van der Waals surface area contributed by atoms with E-state index in [0.29, 0.717) is 0 Å². The molecule has 1 aliphatic rings. The second-order valence-electron chi connectivity index (χ2n) is 2.79. The van der Waals surface area contributed by atoms with Gasteiger partial charge >= 0.3 is 0 Å². The molecule has 0 fully saturated rings. The largest absolute Gasteiger partial charge is 0.308 e. The molecule has 0 spiro atoms. The maximum absolute atomic E-state index is 4.20. The van der Waals surface area contributed by atoms with Gasteiger partial charge in [-0.25, -0.2) is 4.40 Å². The van der Waals surface area contributed by atoms with Crippen LogP contribution in [0, 0.1) is 0 Å². The Morgan fingerprint density at radius 1 is 1.58 bits per heavy atom. The number of hydrogen-bond acceptors (Lipinski definition) is 4. The fourth-order valence-corrected chi connectivity index (χ4v) is 1.52. The van der Waals surface area contributed by atoms with Crippen molar-refractivity contribution in [3.8, 4) is 0 Å². The van der Waals surface area contributed by atoms with Crippen LogP contribution in [0.3, 0.4) is 0 Å². The summed E-state index contributed by atoms with van der Waals surface area (Å²) in [5.41, 5.74) is 2.99. The summed E-state index contributed by atoms with van der Waals surface area (Å²) in [6.07, 6.45) is 1.86. The number of likely N-dealkylation sites (N-methyl/N-ethyl adjacent to an activating group) is 1. The molecule has 1 N–H and O–H groups in total. The van der Waals surface area contributed by atoms with Crippen LogP contribution in [0.1, 0.15) is 13.8 Å². The van der Waals surface area contributed by atoms with Crippen molar-refractivity contribution in [3.05, 3.63) is 11.8 Å². The van der Waals surface area contributed by atoms with Crippen LogP contribution < -0.4 is 5.32 Å². The summed E-state index contributed by atoms with van der Waals surface area (Å²) in [5, 5.41) is 3.16. The molecule has 1 rings (SSSR count). The average Bonchev–Trinajstić information content (AvgIpc) is 2.08. The Labute approximate surface area is 78.2 Å². The van der Waals surface area contributed by atoms with Crippen LogP contribution in [0.2, 0.25) is 0 Å². The van der Waals surface area contributed by atoms with E-state index in [9.17, 15) is 0 Å². The summed E-state index contributed by atoms with van der Waals surface area (Å²) >= 11 is 3.92. The van der Waals surface area contributed by atoms with Crippen molar-refractivity contribution in [1.82, 2.24) is 5.32 Å². The van der Waals surface area contributed by atoms with Gasteiger partial charge in [0.05, 0.1) is 17.5 Å². The van der Waals surface area contributed by atoms with Crippen LogP contribution in [0.4, 0.5) is 0 Å². The fourth-order valence-electron chi connectivity index (χ4n) is 1.26. The summed E-state index contributed by atoms with van der Waals surface area (Å²) in [6, 6.07) is 0.167. The van der Waals surface area contributed by atoms with E-state index in [1.54, 1.807) is 0 Å². The molecule has 1 atom stereocenters. The van der Waals surface area contributed by atoms with Gasteiger partial charge in [0.2, 0.25) is 0 Å². The van der Waals surface area contributed by atoms with Crippen molar-refractivity contribution in [2.45, 2.75) is 19.9 Å². The topological polar surface area (TPSA) is 36.8 Å². The quantitative estimate of drug-likeness (QED) is 0.590. The van der Waals surface area contributed by atoms with Crippen molar-refractivity contribution < 1.29 is 0 Å². The van der Waals surface area contributed by atoms with Crippen LogP contribution in [0.5, 0.6) is 0 Å². The Morgan fingerprint density at radius 3 is 2.67 bits per heavy atom. The molecule has 12 heavy (non-hydrogen) atoms. The van der Waals surface area contributed by atoms with Crippen LogP contribution >= 0.6 is 12.8 Å². The van der Waals surface area contributed by atoms with Gasteiger partial charge in [-0.05, 0) is 39.3 Å². The van der Waals surface area contributed by atoms with Crippen LogP contribution in [-0.2, 0) is 0 Å². The zero-order valence-corrected chi connectivity index (χ0v) is 8.39. The Balaban J connectivity index is 3.02. The predicted molar refractivity (Wildman–Crippen MR) is 56.1 cm³/mol. The van der Waals surface area contributed by atoms with Gasteiger partial charge in [-0.1, -0.05) is 0 Å². The summed E-state index contributed by atoms with van der Waals surface area (Å²) in [4.78, 5) is 4.20. The van der Waals surface area contributed by atoms with Gasteiger partial charge < -0.3 is 5.32 Å². The Morgan fingerprint density at radius 2 is 2.25 bits per heavy atom. The molecule has 4 heteroatoms. The average molecular weight is 183 g/mol. The van der Waals surface area contributed by atoms with Gasteiger partial charge in [0.1, 0.15) is 0 Å². The SMILES string of the molecule is CNC1C(C)=CN=C(C)/C1=N/S. The van der Waals surface area contributed by atoms with Gasteiger partial charge in [-0.15, -0.1) is 0 Å². The predicted octanol–water partition coefficient (Wildman–Crippen LogP) is 1.24. The van der Waals surface area contributed by atoms with Gasteiger partial charge in [-0.3, -0.25) is 4.99 Å². The van der Waals surface area contributed by atoms with Crippen LogP contribution in [0.15, 0.2) is 21.2 Å². The highest BCUT2D eigenvalue weighted by Crippen LogP contribution is 2.11. The molecular formula is C8H13N3S. The van der Waals surface area contributed by atoms with Gasteiger partial charge in [0.25, 0.3) is 0 Å². The number of rotatable bonds is 1. The molecule has 1 unspecified atom stereocenters. The number of nitrogens with one attached hydrogen (secondary N) is 1. The van der Waals surface area contributed by atoms with Crippen molar-refractivity contribution in [2.75, 3.05) is 7.05 Å². The molecule has 1 heterocycles. The molecule has 0 aliphatic carbocycles. The standard InChI is InChI=1S/C8H13N3S/c1-5-4-10-6(2)8(11-12)7(5)9-3/h4,7,9,12H,1-3H3/b11-8-. The summed E-state index contributed by atoms with van der Waals surface area (Å²) < 4.78 is 3.91. The minimum absolute atomic E-state index is 0.167. The van der Waals surface area contributed by atoms with Crippen LogP contribution in [0.25, 0.3) is 0 Å². The zero-order chi connectivity index (χ0) is 9.14. The van der Waals surface area contributed by atoms with E-state index in [1.165, 1.54) is 0 Å². The van der Waals surface area contributed by atoms with Gasteiger partial charge in [0.15, 0.2) is 0 Å². The lowest BCUT2D eigenvalue weighted by Crippen LogP contribution is -2.40. The molecule has 0 bridgehead atoms. The normalized spacial score (nSPS) is 27.0. The number of hydrogen-bond donors (Lipinski definition) is 2. The number of aliphatic imine (C=N–C) groups is 1. The zero-order valence-electron chi connectivity index (χ0n) is 7.50. The number of thiol groups is 1. The van der Waals surface area contributed by atoms with E-state index in [2.05, 4.69) is 27.5 Å². The molecule has 0 aromatic carbocycles. The Kier molecular flexibility index (Phi) is 3.05. The molecule has 66 valence electrons. The van der Waals surface area contributed by atoms with Crippen LogP contribution in [-0.4, -0.2) is 24.5 Å². The third-order valence-corrected chi connectivity index (χ3v) is 2.17. The lowest BCUT2D eigenvalue weighted by atomic mass is 9.99. The monoisotopic (exact) mass is 183 g/mol. The van der Waals surface area contributed by atoms with E-state index < -0.39 is 0 Å². The minimum atomic E-state index is 0.167. The van der Waals surface area contributed by atoms with E-state index >= 15 is 0 Å². The van der Waals surface area contributed by atoms with Gasteiger partial charge in [-0.2, -0.15) is 0 Å². The third kappa shape index (κ3) is 1.59. The molecule has 0 radical (unpaired) electrons. The summed E-state index contributed by atoms with van der Waals surface area (Å²) in [5.74, 6) is 0. The van der Waals surface area contributed by atoms with E-state index in [-0.39, 0.29) is 6.04 Å². The highest BCUT2D eigenvalue weighted by molar-refractivity contribution is 7.79. The minimum Gasteiger partial charge on any atom is -0.308 e. The molecule has 0 amide bonds. The first-order valence-corrected chi connectivity index (χ1v) is 4.21. The molecule has 0 saturated heterocycles.